The van der Waals surface area contributed by atoms with Crippen LogP contribution in [0.25, 0.3) is 105 Å². The van der Waals surface area contributed by atoms with E-state index in [0.717, 1.165) is 72.8 Å². The third kappa shape index (κ3) is 5.92. The fourth-order valence-corrected chi connectivity index (χ4v) is 8.03. The van der Waals surface area contributed by atoms with Crippen molar-refractivity contribution in [3.05, 3.63) is 206 Å². The topological polar surface area (TPSA) is 43.6 Å². The number of aromatic nitrogens is 4. The molecule has 9 aromatic carbocycles. The van der Waals surface area contributed by atoms with E-state index in [1.807, 2.05) is 12.1 Å². The lowest BCUT2D eigenvalue weighted by Crippen LogP contribution is -1.99. The van der Waals surface area contributed by atoms with Gasteiger partial charge in [0, 0.05) is 22.4 Å². The number of imidazole rings is 1. The number of fused-ring (bicyclic) bond motifs is 4. The molecule has 0 N–H and O–H groups in total. The molecule has 0 fully saturated rings. The van der Waals surface area contributed by atoms with Crippen LogP contribution in [-0.2, 0) is 0 Å². The molecule has 0 bridgehead atoms. The third-order valence-corrected chi connectivity index (χ3v) is 11.0. The van der Waals surface area contributed by atoms with E-state index in [1.54, 1.807) is 0 Å². The molecule has 266 valence electrons. The van der Waals surface area contributed by atoms with Crippen LogP contribution in [0.15, 0.2) is 206 Å². The number of hydrogen-bond acceptors (Lipinski definition) is 3. The Balaban J connectivity index is 1.04. The number of rotatable bonds is 6. The Morgan fingerprint density at radius 2 is 0.754 bits per heavy atom. The lowest BCUT2D eigenvalue weighted by atomic mass is 9.97. The van der Waals surface area contributed by atoms with Gasteiger partial charge in [0.2, 0.25) is 0 Å². The van der Waals surface area contributed by atoms with E-state index < -0.39 is 0 Å². The van der Waals surface area contributed by atoms with Gasteiger partial charge >= 0.3 is 0 Å². The fraction of sp³-hybridized carbons (Fsp3) is 0. The molecule has 0 unspecified atom stereocenters. The molecule has 11 aromatic rings. The Kier molecular flexibility index (Phi) is 7.78. The molecule has 2 aromatic heterocycles. The average molecular weight is 727 g/mol. The van der Waals surface area contributed by atoms with Crippen molar-refractivity contribution in [2.75, 3.05) is 0 Å². The zero-order valence-corrected chi connectivity index (χ0v) is 30.9. The Morgan fingerprint density at radius 1 is 0.281 bits per heavy atom. The first-order chi connectivity index (χ1) is 28.2. The van der Waals surface area contributed by atoms with Crippen molar-refractivity contribution in [1.29, 1.82) is 0 Å². The van der Waals surface area contributed by atoms with Gasteiger partial charge in [-0.25, -0.2) is 15.0 Å². The third-order valence-electron chi connectivity index (χ3n) is 11.0. The summed E-state index contributed by atoms with van der Waals surface area (Å²) in [6.45, 7) is 0. The fourth-order valence-electron chi connectivity index (χ4n) is 8.03. The SMILES string of the molecule is c1ccc(-n2c(-c3ccc4nc(-c5ccc(-c6ccc7ccccc7c6)cc5)c(-c5ccc(-c6ccc7ccccc7c6)cc5)nc4c3)nc3ccccc32)cc1. The van der Waals surface area contributed by atoms with Gasteiger partial charge in [-0.1, -0.05) is 152 Å². The van der Waals surface area contributed by atoms with Gasteiger partial charge in [-0.2, -0.15) is 0 Å². The van der Waals surface area contributed by atoms with Crippen LogP contribution in [0, 0.1) is 0 Å². The van der Waals surface area contributed by atoms with Crippen molar-refractivity contribution >= 4 is 43.6 Å². The van der Waals surface area contributed by atoms with Crippen LogP contribution in [0.2, 0.25) is 0 Å². The smallest absolute Gasteiger partial charge is 0.145 e. The van der Waals surface area contributed by atoms with Crippen LogP contribution in [0.5, 0.6) is 0 Å². The van der Waals surface area contributed by atoms with Crippen LogP contribution in [0.3, 0.4) is 0 Å². The van der Waals surface area contributed by atoms with E-state index in [9.17, 15) is 0 Å². The second-order valence-electron chi connectivity index (χ2n) is 14.5. The van der Waals surface area contributed by atoms with Gasteiger partial charge in [-0.3, -0.25) is 4.57 Å². The normalized spacial score (nSPS) is 11.5. The number of nitrogens with zero attached hydrogens (tertiary/aromatic N) is 4. The molecule has 11 rings (SSSR count). The Hall–Kier alpha value is -7.69. The van der Waals surface area contributed by atoms with Gasteiger partial charge in [0.15, 0.2) is 0 Å². The summed E-state index contributed by atoms with van der Waals surface area (Å²) in [5, 5.41) is 4.93. The van der Waals surface area contributed by atoms with E-state index in [-0.39, 0.29) is 0 Å². The number of benzene rings is 9. The molecule has 0 aliphatic heterocycles. The molecule has 4 nitrogen and oxygen atoms in total. The van der Waals surface area contributed by atoms with Crippen LogP contribution in [0.4, 0.5) is 0 Å². The molecule has 0 aliphatic rings. The van der Waals surface area contributed by atoms with Gasteiger partial charge in [0.25, 0.3) is 0 Å². The second-order valence-corrected chi connectivity index (χ2v) is 14.5. The molecule has 4 heteroatoms. The van der Waals surface area contributed by atoms with Crippen LogP contribution in [-0.4, -0.2) is 19.5 Å². The standard InChI is InChI=1S/C53H34N4/c1-2-14-46(15-3-1)57-50-17-9-8-16-48(50)56-53(57)45-30-31-47-49(34-45)55-52(40-26-20-38(21-27-40)44-29-23-36-11-5-7-13-42(36)33-44)51(54-47)39-24-18-37(19-25-39)43-28-22-35-10-4-6-12-41(35)32-43/h1-34H. The largest absolute Gasteiger partial charge is 0.292 e. The maximum atomic E-state index is 5.42. The molecule has 0 spiro atoms. The van der Waals surface area contributed by atoms with Crippen LogP contribution >= 0.6 is 0 Å². The number of hydrogen-bond donors (Lipinski definition) is 0. The van der Waals surface area contributed by atoms with Crippen LogP contribution in [0.1, 0.15) is 0 Å². The monoisotopic (exact) mass is 726 g/mol. The van der Waals surface area contributed by atoms with Gasteiger partial charge in [-0.15, -0.1) is 0 Å². The summed E-state index contributed by atoms with van der Waals surface area (Å²) in [6.07, 6.45) is 0. The van der Waals surface area contributed by atoms with Crippen molar-refractivity contribution < 1.29 is 0 Å². The maximum Gasteiger partial charge on any atom is 0.145 e. The first-order valence-electron chi connectivity index (χ1n) is 19.3. The predicted octanol–water partition coefficient (Wildman–Crippen LogP) is 13.6. The molecule has 0 radical (unpaired) electrons. The van der Waals surface area contributed by atoms with E-state index in [0.29, 0.717) is 0 Å². The lowest BCUT2D eigenvalue weighted by molar-refractivity contribution is 1.10. The highest BCUT2D eigenvalue weighted by Crippen LogP contribution is 2.36. The highest BCUT2D eigenvalue weighted by atomic mass is 15.1. The molecule has 0 saturated heterocycles. The highest BCUT2D eigenvalue weighted by Gasteiger charge is 2.18. The van der Waals surface area contributed by atoms with E-state index >= 15 is 0 Å². The Bertz CT molecular complexity index is 3270. The molecular formula is C53H34N4. The Morgan fingerprint density at radius 3 is 1.37 bits per heavy atom. The molecule has 0 atom stereocenters. The summed E-state index contributed by atoms with van der Waals surface area (Å²) in [5.41, 5.74) is 14.0. The summed E-state index contributed by atoms with van der Waals surface area (Å²) >= 11 is 0. The first kappa shape index (κ1) is 32.7. The molecule has 0 saturated carbocycles. The lowest BCUT2D eigenvalue weighted by Gasteiger charge is -2.14. The summed E-state index contributed by atoms with van der Waals surface area (Å²) in [5.74, 6) is 0.862. The van der Waals surface area contributed by atoms with E-state index in [2.05, 4.69) is 199 Å². The highest BCUT2D eigenvalue weighted by molar-refractivity contribution is 5.92. The molecule has 2 heterocycles. The first-order valence-corrected chi connectivity index (χ1v) is 19.3. The van der Waals surface area contributed by atoms with Crippen LogP contribution < -0.4 is 0 Å². The summed E-state index contributed by atoms with van der Waals surface area (Å²) in [7, 11) is 0. The van der Waals surface area contributed by atoms with Gasteiger partial charge in [-0.05, 0) is 98.4 Å². The van der Waals surface area contributed by atoms with Crippen molar-refractivity contribution in [2.45, 2.75) is 0 Å². The van der Waals surface area contributed by atoms with E-state index in [1.165, 1.54) is 32.7 Å². The van der Waals surface area contributed by atoms with Crippen molar-refractivity contribution in [1.82, 2.24) is 19.5 Å². The van der Waals surface area contributed by atoms with Gasteiger partial charge in [0.05, 0.1) is 33.5 Å². The summed E-state index contributed by atoms with van der Waals surface area (Å²) in [6, 6.07) is 72.7. The Labute approximate surface area is 330 Å². The van der Waals surface area contributed by atoms with Crippen molar-refractivity contribution in [2.24, 2.45) is 0 Å². The number of para-hydroxylation sites is 3. The molecule has 57 heavy (non-hydrogen) atoms. The van der Waals surface area contributed by atoms with Crippen molar-refractivity contribution in [3.63, 3.8) is 0 Å². The van der Waals surface area contributed by atoms with Crippen molar-refractivity contribution in [3.8, 4) is 61.8 Å². The summed E-state index contributed by atoms with van der Waals surface area (Å²) in [4.78, 5) is 15.9. The minimum Gasteiger partial charge on any atom is -0.292 e. The quantitative estimate of drug-likeness (QED) is 0.171. The minimum absolute atomic E-state index is 0.810. The van der Waals surface area contributed by atoms with Gasteiger partial charge in [0.1, 0.15) is 5.82 Å². The zero-order chi connectivity index (χ0) is 37.7. The predicted molar refractivity (Wildman–Crippen MR) is 236 cm³/mol. The second kappa shape index (κ2) is 13.6. The minimum atomic E-state index is 0.810. The molecule has 0 amide bonds. The van der Waals surface area contributed by atoms with Gasteiger partial charge < -0.3 is 0 Å². The summed E-state index contributed by atoms with van der Waals surface area (Å²) < 4.78 is 2.22. The zero-order valence-electron chi connectivity index (χ0n) is 30.9. The molecule has 0 aliphatic carbocycles. The average Bonchev–Trinajstić information content (AvgIpc) is 3.68. The van der Waals surface area contributed by atoms with E-state index in [4.69, 9.17) is 15.0 Å². The molecular weight excluding hydrogens is 693 g/mol. The maximum absolute atomic E-state index is 5.42.